The molecule has 1 aliphatic carbocycles. The Morgan fingerprint density at radius 2 is 1.84 bits per heavy atom. The van der Waals surface area contributed by atoms with Gasteiger partial charge in [0.25, 0.3) is 0 Å². The van der Waals surface area contributed by atoms with Crippen molar-refractivity contribution < 1.29 is 4.74 Å². The van der Waals surface area contributed by atoms with E-state index in [2.05, 4.69) is 27.2 Å². The zero-order valence-electron chi connectivity index (χ0n) is 17.5. The number of hydrogen-bond donors (Lipinski definition) is 1. The van der Waals surface area contributed by atoms with Crippen LogP contribution in [0.4, 0.5) is 5.13 Å². The molecule has 158 valence electrons. The fraction of sp³-hybridized carbons (Fsp3) is 0.333. The van der Waals surface area contributed by atoms with Crippen molar-refractivity contribution in [3.8, 4) is 23.0 Å². The number of fused-ring (bicyclic) bond motifs is 1. The van der Waals surface area contributed by atoms with Crippen molar-refractivity contribution in [2.75, 3.05) is 5.32 Å². The van der Waals surface area contributed by atoms with Gasteiger partial charge in [-0.05, 0) is 49.9 Å². The quantitative estimate of drug-likeness (QED) is 0.385. The second-order valence-corrected chi connectivity index (χ2v) is 9.07. The van der Waals surface area contributed by atoms with Crippen molar-refractivity contribution in [1.82, 2.24) is 19.9 Å². The molecule has 7 heteroatoms. The number of pyridine rings is 1. The van der Waals surface area contributed by atoms with Crippen molar-refractivity contribution >= 4 is 26.7 Å². The summed E-state index contributed by atoms with van der Waals surface area (Å²) in [6.45, 7) is 2.28. The molecule has 6 nitrogen and oxygen atoms in total. The number of nitrogens with zero attached hydrogens (tertiary/aromatic N) is 4. The highest BCUT2D eigenvalue weighted by Gasteiger charge is 2.21. The van der Waals surface area contributed by atoms with Crippen molar-refractivity contribution in [1.29, 1.82) is 0 Å². The van der Waals surface area contributed by atoms with Gasteiger partial charge < -0.3 is 10.1 Å². The maximum atomic E-state index is 6.03. The molecule has 1 aliphatic rings. The first kappa shape index (κ1) is 19.9. The Labute approximate surface area is 185 Å². The first-order chi connectivity index (χ1) is 15.2. The van der Waals surface area contributed by atoms with E-state index in [0.29, 0.717) is 17.7 Å². The van der Waals surface area contributed by atoms with Gasteiger partial charge in [0.2, 0.25) is 5.88 Å². The van der Waals surface area contributed by atoms with Crippen molar-refractivity contribution in [2.24, 2.45) is 5.92 Å². The normalized spacial score (nSPS) is 15.6. The molecular formula is C24H25N5OS. The number of aromatic nitrogens is 4. The van der Waals surface area contributed by atoms with Crippen LogP contribution in [0, 0.1) is 5.92 Å². The summed E-state index contributed by atoms with van der Waals surface area (Å²) in [5, 5.41) is 4.62. The number of nitrogens with one attached hydrogen (secondary N) is 1. The highest BCUT2D eigenvalue weighted by molar-refractivity contribution is 7.22. The topological polar surface area (TPSA) is 72.8 Å². The molecule has 31 heavy (non-hydrogen) atoms. The molecule has 1 aromatic carbocycles. The molecule has 1 N–H and O–H groups in total. The van der Waals surface area contributed by atoms with E-state index in [0.717, 1.165) is 32.6 Å². The zero-order valence-corrected chi connectivity index (χ0v) is 18.3. The Kier molecular flexibility index (Phi) is 5.76. The van der Waals surface area contributed by atoms with Gasteiger partial charge in [-0.3, -0.25) is 4.98 Å². The minimum absolute atomic E-state index is 0.448. The summed E-state index contributed by atoms with van der Waals surface area (Å²) in [6.07, 6.45) is 11.9. The maximum absolute atomic E-state index is 6.03. The lowest BCUT2D eigenvalue weighted by molar-refractivity contribution is 0.328. The fourth-order valence-corrected chi connectivity index (χ4v) is 5.13. The highest BCUT2D eigenvalue weighted by Crippen LogP contribution is 2.33. The molecule has 0 aliphatic heterocycles. The molecule has 5 rings (SSSR count). The van der Waals surface area contributed by atoms with Gasteiger partial charge >= 0.3 is 0 Å². The summed E-state index contributed by atoms with van der Waals surface area (Å²) in [5.41, 5.74) is 1.89. The third-order valence-electron chi connectivity index (χ3n) is 5.86. The third kappa shape index (κ3) is 4.66. The average Bonchev–Trinajstić information content (AvgIpc) is 3.22. The van der Waals surface area contributed by atoms with Crippen LogP contribution in [0.2, 0.25) is 0 Å². The SMILES string of the molecule is CC(Nc1nc2ccc(Oc3ccnc(-c4ccncc4)n3)cc2s1)C1CCCCC1. The summed E-state index contributed by atoms with van der Waals surface area (Å²) in [4.78, 5) is 17.7. The third-order valence-corrected chi connectivity index (χ3v) is 6.81. The molecule has 0 saturated heterocycles. The van der Waals surface area contributed by atoms with Crippen LogP contribution in [0.15, 0.2) is 55.0 Å². The second-order valence-electron chi connectivity index (χ2n) is 8.04. The Hall–Kier alpha value is -3.06. The molecule has 1 fully saturated rings. The van der Waals surface area contributed by atoms with Crippen LogP contribution in [0.3, 0.4) is 0 Å². The zero-order chi connectivity index (χ0) is 21.0. The average molecular weight is 432 g/mol. The van der Waals surface area contributed by atoms with E-state index >= 15 is 0 Å². The molecular weight excluding hydrogens is 406 g/mol. The number of hydrogen-bond acceptors (Lipinski definition) is 7. The number of benzene rings is 1. The Balaban J connectivity index is 1.31. The summed E-state index contributed by atoms with van der Waals surface area (Å²) in [7, 11) is 0. The fourth-order valence-electron chi connectivity index (χ4n) is 4.14. The standard InChI is InChI=1S/C24H25N5OS/c1-16(17-5-3-2-4-6-17)27-24-28-20-8-7-19(15-21(20)31-24)30-22-11-14-26-23(29-22)18-9-12-25-13-10-18/h7-17H,2-6H2,1H3,(H,27,28). The van der Waals surface area contributed by atoms with Gasteiger partial charge in [-0.2, -0.15) is 4.98 Å². The predicted octanol–water partition coefficient (Wildman–Crippen LogP) is 6.32. The number of rotatable bonds is 6. The number of anilines is 1. The molecule has 1 atom stereocenters. The Bertz CT molecular complexity index is 1160. The molecule has 1 unspecified atom stereocenters. The lowest BCUT2D eigenvalue weighted by Crippen LogP contribution is -2.27. The number of thiazole rings is 1. The van der Waals surface area contributed by atoms with E-state index in [1.54, 1.807) is 36.0 Å². The Morgan fingerprint density at radius 1 is 1.00 bits per heavy atom. The van der Waals surface area contributed by atoms with E-state index < -0.39 is 0 Å². The van der Waals surface area contributed by atoms with E-state index in [-0.39, 0.29) is 0 Å². The van der Waals surface area contributed by atoms with Crippen LogP contribution in [-0.4, -0.2) is 26.0 Å². The lowest BCUT2D eigenvalue weighted by Gasteiger charge is -2.28. The first-order valence-electron chi connectivity index (χ1n) is 10.8. The van der Waals surface area contributed by atoms with Crippen LogP contribution in [0.25, 0.3) is 21.6 Å². The van der Waals surface area contributed by atoms with Crippen LogP contribution < -0.4 is 10.1 Å². The Morgan fingerprint density at radius 3 is 2.68 bits per heavy atom. The van der Waals surface area contributed by atoms with Gasteiger partial charge in [0.1, 0.15) is 5.75 Å². The molecule has 0 bridgehead atoms. The second kappa shape index (κ2) is 8.98. The monoisotopic (exact) mass is 431 g/mol. The van der Waals surface area contributed by atoms with Gasteiger partial charge in [-0.1, -0.05) is 30.6 Å². The molecule has 0 amide bonds. The minimum atomic E-state index is 0.448. The largest absolute Gasteiger partial charge is 0.439 e. The van der Waals surface area contributed by atoms with Gasteiger partial charge in [0, 0.05) is 42.3 Å². The molecule has 0 spiro atoms. The predicted molar refractivity (Wildman–Crippen MR) is 125 cm³/mol. The van der Waals surface area contributed by atoms with Crippen LogP contribution in [-0.2, 0) is 0 Å². The van der Waals surface area contributed by atoms with Gasteiger partial charge in [-0.25, -0.2) is 9.97 Å². The maximum Gasteiger partial charge on any atom is 0.222 e. The van der Waals surface area contributed by atoms with E-state index in [1.165, 1.54) is 32.1 Å². The van der Waals surface area contributed by atoms with Crippen LogP contribution >= 0.6 is 11.3 Å². The summed E-state index contributed by atoms with van der Waals surface area (Å²) in [5.74, 6) is 2.60. The summed E-state index contributed by atoms with van der Waals surface area (Å²) in [6, 6.07) is 11.9. The highest BCUT2D eigenvalue weighted by atomic mass is 32.1. The molecule has 3 aromatic heterocycles. The van der Waals surface area contributed by atoms with Gasteiger partial charge in [0.05, 0.1) is 10.2 Å². The van der Waals surface area contributed by atoms with Crippen LogP contribution in [0.5, 0.6) is 11.6 Å². The minimum Gasteiger partial charge on any atom is -0.439 e. The van der Waals surface area contributed by atoms with Crippen LogP contribution in [0.1, 0.15) is 39.0 Å². The first-order valence-corrected chi connectivity index (χ1v) is 11.6. The van der Waals surface area contributed by atoms with Crippen molar-refractivity contribution in [3.05, 3.63) is 55.0 Å². The number of ether oxygens (including phenoxy) is 1. The lowest BCUT2D eigenvalue weighted by atomic mass is 9.85. The van der Waals surface area contributed by atoms with Crippen molar-refractivity contribution in [2.45, 2.75) is 45.1 Å². The molecule has 4 aromatic rings. The molecule has 0 radical (unpaired) electrons. The van der Waals surface area contributed by atoms with E-state index in [9.17, 15) is 0 Å². The summed E-state index contributed by atoms with van der Waals surface area (Å²) < 4.78 is 7.12. The van der Waals surface area contributed by atoms with Gasteiger partial charge in [-0.15, -0.1) is 0 Å². The smallest absolute Gasteiger partial charge is 0.222 e. The molecule has 1 saturated carbocycles. The van der Waals surface area contributed by atoms with E-state index in [4.69, 9.17) is 9.72 Å². The van der Waals surface area contributed by atoms with Gasteiger partial charge in [0.15, 0.2) is 11.0 Å². The van der Waals surface area contributed by atoms with E-state index in [1.807, 2.05) is 30.3 Å². The molecule has 3 heterocycles. The summed E-state index contributed by atoms with van der Waals surface area (Å²) >= 11 is 1.67. The van der Waals surface area contributed by atoms with Crippen molar-refractivity contribution in [3.63, 3.8) is 0 Å².